The summed E-state index contributed by atoms with van der Waals surface area (Å²) >= 11 is 0. The molecule has 138 valence electrons. The van der Waals surface area contributed by atoms with Crippen LogP contribution >= 0.6 is 0 Å². The summed E-state index contributed by atoms with van der Waals surface area (Å²) in [7, 11) is 1.95. The smallest absolute Gasteiger partial charge is 0.339 e. The maximum atomic E-state index is 12.8. The third kappa shape index (κ3) is 4.20. The molecule has 0 aromatic carbocycles. The van der Waals surface area contributed by atoms with Gasteiger partial charge in [-0.3, -0.25) is 4.90 Å². The average Bonchev–Trinajstić information content (AvgIpc) is 3.12. The second-order valence-corrected chi connectivity index (χ2v) is 7.00. The number of halogens is 3. The minimum Gasteiger partial charge on any atom is -0.339 e. The fourth-order valence-electron chi connectivity index (χ4n) is 3.11. The van der Waals surface area contributed by atoms with Crippen molar-refractivity contribution in [1.82, 2.24) is 24.6 Å². The standard InChI is InChI=1S/C16H22F3N5O/c1-10(2)15-21-13(22-25-15)9-23(3)6-11-4-5-14-20-12(16(17,18)19)8-24(14)7-11/h8,10-11H,4-7,9H2,1-3H3/t11-/m0/s1. The van der Waals surface area contributed by atoms with E-state index in [-0.39, 0.29) is 11.8 Å². The molecule has 0 fully saturated rings. The van der Waals surface area contributed by atoms with E-state index in [1.54, 1.807) is 4.57 Å². The number of hydrogen-bond acceptors (Lipinski definition) is 5. The first-order valence-corrected chi connectivity index (χ1v) is 8.36. The predicted octanol–water partition coefficient (Wildman–Crippen LogP) is 3.10. The van der Waals surface area contributed by atoms with Crippen molar-refractivity contribution in [2.75, 3.05) is 13.6 Å². The normalized spacial score (nSPS) is 18.2. The van der Waals surface area contributed by atoms with Crippen molar-refractivity contribution in [3.05, 3.63) is 29.4 Å². The lowest BCUT2D eigenvalue weighted by molar-refractivity contribution is -0.141. The number of aromatic nitrogens is 4. The van der Waals surface area contributed by atoms with Crippen LogP contribution in [0.4, 0.5) is 13.2 Å². The van der Waals surface area contributed by atoms with Crippen LogP contribution in [0.3, 0.4) is 0 Å². The average molecular weight is 357 g/mol. The maximum absolute atomic E-state index is 12.8. The van der Waals surface area contributed by atoms with Gasteiger partial charge >= 0.3 is 6.18 Å². The molecule has 3 rings (SSSR count). The summed E-state index contributed by atoms with van der Waals surface area (Å²) in [6.45, 7) is 5.83. The van der Waals surface area contributed by atoms with Gasteiger partial charge in [0.1, 0.15) is 5.82 Å². The summed E-state index contributed by atoms with van der Waals surface area (Å²) in [4.78, 5) is 10.1. The molecule has 1 aliphatic rings. The van der Waals surface area contributed by atoms with Crippen molar-refractivity contribution in [2.24, 2.45) is 5.92 Å². The molecule has 0 N–H and O–H groups in total. The number of nitrogens with zero attached hydrogens (tertiary/aromatic N) is 5. The zero-order valence-electron chi connectivity index (χ0n) is 14.5. The van der Waals surface area contributed by atoms with E-state index in [2.05, 4.69) is 20.0 Å². The monoisotopic (exact) mass is 357 g/mol. The highest BCUT2D eigenvalue weighted by Crippen LogP contribution is 2.30. The van der Waals surface area contributed by atoms with Crippen LogP contribution in [0.5, 0.6) is 0 Å². The van der Waals surface area contributed by atoms with Crippen molar-refractivity contribution < 1.29 is 17.7 Å². The van der Waals surface area contributed by atoms with E-state index < -0.39 is 11.9 Å². The van der Waals surface area contributed by atoms with E-state index in [9.17, 15) is 13.2 Å². The summed E-state index contributed by atoms with van der Waals surface area (Å²) in [5, 5.41) is 3.97. The van der Waals surface area contributed by atoms with Gasteiger partial charge in [0, 0.05) is 31.6 Å². The van der Waals surface area contributed by atoms with Gasteiger partial charge in [-0.15, -0.1) is 0 Å². The fourth-order valence-corrected chi connectivity index (χ4v) is 3.11. The summed E-state index contributed by atoms with van der Waals surface area (Å²) in [6, 6.07) is 0. The first kappa shape index (κ1) is 17.9. The molecule has 0 saturated heterocycles. The SMILES string of the molecule is CC(C)c1nc(CN(C)C[C@@H]2CCc3nc(C(F)(F)F)cn3C2)no1. The molecule has 2 aromatic rings. The molecule has 0 spiro atoms. The van der Waals surface area contributed by atoms with Crippen LogP contribution in [-0.2, 0) is 25.7 Å². The van der Waals surface area contributed by atoms with Gasteiger partial charge in [-0.25, -0.2) is 4.98 Å². The second kappa shape index (κ2) is 6.78. The molecule has 1 atom stereocenters. The lowest BCUT2D eigenvalue weighted by atomic mass is 9.99. The topological polar surface area (TPSA) is 60.0 Å². The molecular formula is C16H22F3N5O. The van der Waals surface area contributed by atoms with Gasteiger partial charge in [0.25, 0.3) is 0 Å². The van der Waals surface area contributed by atoms with Gasteiger partial charge in [-0.1, -0.05) is 19.0 Å². The van der Waals surface area contributed by atoms with Crippen molar-refractivity contribution in [3.8, 4) is 0 Å². The lowest BCUT2D eigenvalue weighted by Crippen LogP contribution is -2.31. The third-order valence-corrected chi connectivity index (χ3v) is 4.34. The summed E-state index contributed by atoms with van der Waals surface area (Å²) in [5.41, 5.74) is -0.801. The molecule has 0 saturated carbocycles. The Kier molecular flexibility index (Phi) is 4.86. The Morgan fingerprint density at radius 3 is 2.76 bits per heavy atom. The minimum absolute atomic E-state index is 0.187. The molecule has 2 aromatic heterocycles. The Morgan fingerprint density at radius 1 is 1.36 bits per heavy atom. The zero-order chi connectivity index (χ0) is 18.2. The highest BCUT2D eigenvalue weighted by Gasteiger charge is 2.35. The van der Waals surface area contributed by atoms with E-state index in [1.165, 1.54) is 0 Å². The lowest BCUT2D eigenvalue weighted by Gasteiger charge is -2.27. The Labute approximate surface area is 144 Å². The zero-order valence-corrected chi connectivity index (χ0v) is 14.5. The maximum Gasteiger partial charge on any atom is 0.434 e. The number of fused-ring (bicyclic) bond motifs is 1. The van der Waals surface area contributed by atoms with E-state index in [0.717, 1.165) is 19.2 Å². The van der Waals surface area contributed by atoms with Crippen LogP contribution in [0.2, 0.25) is 0 Å². The Morgan fingerprint density at radius 2 is 2.12 bits per heavy atom. The highest BCUT2D eigenvalue weighted by molar-refractivity contribution is 5.10. The van der Waals surface area contributed by atoms with Gasteiger partial charge in [0.15, 0.2) is 11.5 Å². The van der Waals surface area contributed by atoms with E-state index in [4.69, 9.17) is 4.52 Å². The van der Waals surface area contributed by atoms with Gasteiger partial charge in [-0.2, -0.15) is 18.2 Å². The number of imidazole rings is 1. The molecule has 6 nitrogen and oxygen atoms in total. The van der Waals surface area contributed by atoms with Gasteiger partial charge in [0.2, 0.25) is 5.89 Å². The minimum atomic E-state index is -4.39. The number of aryl methyl sites for hydroxylation is 1. The molecule has 0 amide bonds. The van der Waals surface area contributed by atoms with Crippen LogP contribution in [0, 0.1) is 5.92 Å². The Hall–Kier alpha value is -1.90. The van der Waals surface area contributed by atoms with E-state index >= 15 is 0 Å². The molecule has 0 bridgehead atoms. The first-order chi connectivity index (χ1) is 11.7. The van der Waals surface area contributed by atoms with Crippen molar-refractivity contribution in [3.63, 3.8) is 0 Å². The molecule has 25 heavy (non-hydrogen) atoms. The Bertz CT molecular complexity index is 722. The molecule has 1 aliphatic heterocycles. The quantitative estimate of drug-likeness (QED) is 0.823. The molecule has 3 heterocycles. The Balaban J connectivity index is 1.57. The number of alkyl halides is 3. The first-order valence-electron chi connectivity index (χ1n) is 8.36. The van der Waals surface area contributed by atoms with Gasteiger partial charge < -0.3 is 9.09 Å². The molecule has 0 unspecified atom stereocenters. The van der Waals surface area contributed by atoms with Crippen molar-refractivity contribution in [2.45, 2.75) is 51.9 Å². The van der Waals surface area contributed by atoms with Crippen molar-refractivity contribution in [1.29, 1.82) is 0 Å². The van der Waals surface area contributed by atoms with Crippen LogP contribution in [0.1, 0.15) is 49.4 Å². The van der Waals surface area contributed by atoms with Gasteiger partial charge in [-0.05, 0) is 19.4 Å². The summed E-state index contributed by atoms with van der Waals surface area (Å²) < 4.78 is 45.2. The van der Waals surface area contributed by atoms with Crippen LogP contribution in [0.15, 0.2) is 10.7 Å². The van der Waals surface area contributed by atoms with Crippen LogP contribution < -0.4 is 0 Å². The van der Waals surface area contributed by atoms with Gasteiger partial charge in [0.05, 0.1) is 6.54 Å². The van der Waals surface area contributed by atoms with Crippen molar-refractivity contribution >= 4 is 0 Å². The molecule has 0 radical (unpaired) electrons. The third-order valence-electron chi connectivity index (χ3n) is 4.34. The summed E-state index contributed by atoms with van der Waals surface area (Å²) in [5.74, 6) is 2.22. The van der Waals surface area contributed by atoms with E-state index in [1.807, 2.05) is 20.9 Å². The largest absolute Gasteiger partial charge is 0.434 e. The fraction of sp³-hybridized carbons (Fsp3) is 0.688. The number of rotatable bonds is 5. The molecule has 0 aliphatic carbocycles. The van der Waals surface area contributed by atoms with E-state index in [0.29, 0.717) is 37.0 Å². The highest BCUT2D eigenvalue weighted by atomic mass is 19.4. The summed E-state index contributed by atoms with van der Waals surface area (Å²) in [6.07, 6.45) is -1.88. The number of hydrogen-bond donors (Lipinski definition) is 0. The molecule has 9 heteroatoms. The predicted molar refractivity (Wildman–Crippen MR) is 83.8 cm³/mol. The van der Waals surface area contributed by atoms with Crippen LogP contribution in [0.25, 0.3) is 0 Å². The second-order valence-electron chi connectivity index (χ2n) is 7.00. The molecular weight excluding hydrogens is 335 g/mol. The van der Waals surface area contributed by atoms with Crippen LogP contribution in [-0.4, -0.2) is 38.2 Å².